The van der Waals surface area contributed by atoms with Crippen molar-refractivity contribution in [2.45, 2.75) is 38.3 Å². The average Bonchev–Trinajstić information content (AvgIpc) is 3.34. The summed E-state index contributed by atoms with van der Waals surface area (Å²) in [5.41, 5.74) is 2.90. The maximum atomic E-state index is 13.0. The molecule has 0 radical (unpaired) electrons. The molecule has 2 amide bonds. The van der Waals surface area contributed by atoms with Crippen molar-refractivity contribution in [2.24, 2.45) is 0 Å². The smallest absolute Gasteiger partial charge is 0.277 e. The van der Waals surface area contributed by atoms with Crippen molar-refractivity contribution in [2.75, 3.05) is 4.90 Å². The summed E-state index contributed by atoms with van der Waals surface area (Å²) >= 11 is 0. The quantitative estimate of drug-likeness (QED) is 0.945. The molecule has 1 aliphatic carbocycles. The van der Waals surface area contributed by atoms with E-state index in [4.69, 9.17) is 0 Å². The molecular weight excluding hydrogens is 302 g/mol. The van der Waals surface area contributed by atoms with E-state index in [9.17, 15) is 9.59 Å². The Kier molecular flexibility index (Phi) is 3.56. The molecule has 1 N–H and O–H groups in total. The van der Waals surface area contributed by atoms with E-state index in [0.29, 0.717) is 11.3 Å². The van der Waals surface area contributed by atoms with Crippen molar-refractivity contribution in [3.63, 3.8) is 0 Å². The fourth-order valence-electron chi connectivity index (χ4n) is 3.18. The predicted octanol–water partition coefficient (Wildman–Crippen LogP) is 2.57. The van der Waals surface area contributed by atoms with Crippen LogP contribution in [0, 0.1) is 0 Å². The first kappa shape index (κ1) is 14.9. The van der Waals surface area contributed by atoms with Crippen LogP contribution in [0.25, 0.3) is 0 Å². The van der Waals surface area contributed by atoms with Gasteiger partial charge in [-0.25, -0.2) is 0 Å². The maximum Gasteiger partial charge on any atom is 0.277 e. The van der Waals surface area contributed by atoms with Crippen LogP contribution in [0.3, 0.4) is 0 Å². The van der Waals surface area contributed by atoms with Gasteiger partial charge in [0.2, 0.25) is 0 Å². The van der Waals surface area contributed by atoms with Crippen LogP contribution in [0.5, 0.6) is 0 Å². The van der Waals surface area contributed by atoms with Crippen LogP contribution >= 0.6 is 0 Å². The molecule has 4 rings (SSSR count). The van der Waals surface area contributed by atoms with E-state index in [1.165, 1.54) is 11.8 Å². The zero-order chi connectivity index (χ0) is 16.7. The van der Waals surface area contributed by atoms with E-state index in [2.05, 4.69) is 10.3 Å². The lowest BCUT2D eigenvalue weighted by Crippen LogP contribution is -2.36. The number of carbonyl (C=O) groups is 2. The molecule has 1 aromatic carbocycles. The number of fused-ring (bicyclic) bond motifs is 1. The van der Waals surface area contributed by atoms with E-state index in [-0.39, 0.29) is 23.9 Å². The molecule has 1 saturated carbocycles. The van der Waals surface area contributed by atoms with Gasteiger partial charge in [0.05, 0.1) is 0 Å². The number of carbonyl (C=O) groups excluding carboxylic acids is 2. The highest BCUT2D eigenvalue weighted by Crippen LogP contribution is 2.32. The lowest BCUT2D eigenvalue weighted by atomic mass is 10.1. The Labute approximate surface area is 140 Å². The molecule has 5 nitrogen and oxygen atoms in total. The third-order valence-electron chi connectivity index (χ3n) is 4.58. The second-order valence-electron chi connectivity index (χ2n) is 6.53. The number of rotatable bonds is 3. The molecule has 2 aromatic rings. The maximum absolute atomic E-state index is 13.0. The topological polar surface area (TPSA) is 62.3 Å². The van der Waals surface area contributed by atoms with Crippen LogP contribution in [0.1, 0.15) is 46.2 Å². The van der Waals surface area contributed by atoms with E-state index in [1.54, 1.807) is 17.0 Å². The van der Waals surface area contributed by atoms with Crippen LogP contribution in [0.4, 0.5) is 5.69 Å². The minimum atomic E-state index is -0.159. The summed E-state index contributed by atoms with van der Waals surface area (Å²) in [4.78, 5) is 31.1. The molecule has 1 aliphatic heterocycles. The van der Waals surface area contributed by atoms with Gasteiger partial charge in [0.15, 0.2) is 0 Å². The number of pyridine rings is 1. The second kappa shape index (κ2) is 5.74. The van der Waals surface area contributed by atoms with Gasteiger partial charge in [0, 0.05) is 29.5 Å². The van der Waals surface area contributed by atoms with Crippen LogP contribution < -0.4 is 10.2 Å². The van der Waals surface area contributed by atoms with Crippen molar-refractivity contribution in [3.05, 3.63) is 59.4 Å². The summed E-state index contributed by atoms with van der Waals surface area (Å²) in [5, 5.41) is 2.94. The molecule has 0 saturated heterocycles. The summed E-state index contributed by atoms with van der Waals surface area (Å²) < 4.78 is 0. The highest BCUT2D eigenvalue weighted by molar-refractivity contribution is 6.07. The fourth-order valence-corrected chi connectivity index (χ4v) is 3.18. The lowest BCUT2D eigenvalue weighted by molar-refractivity contribution is 0.0951. The van der Waals surface area contributed by atoms with Gasteiger partial charge in [-0.1, -0.05) is 18.2 Å². The normalized spacial score (nSPS) is 19.0. The largest absolute Gasteiger partial charge is 0.349 e. The van der Waals surface area contributed by atoms with Crippen LogP contribution in [0.2, 0.25) is 0 Å². The molecule has 24 heavy (non-hydrogen) atoms. The first-order chi connectivity index (χ1) is 11.6. The second-order valence-corrected chi connectivity index (χ2v) is 6.53. The number of hydrogen-bond acceptors (Lipinski definition) is 3. The summed E-state index contributed by atoms with van der Waals surface area (Å²) in [5.74, 6) is -0.294. The van der Waals surface area contributed by atoms with Crippen LogP contribution in [-0.4, -0.2) is 28.9 Å². The molecule has 5 heteroatoms. The van der Waals surface area contributed by atoms with Gasteiger partial charge >= 0.3 is 0 Å². The number of benzene rings is 1. The Balaban J connectivity index is 1.61. The van der Waals surface area contributed by atoms with Crippen LogP contribution in [0.15, 0.2) is 42.6 Å². The zero-order valence-corrected chi connectivity index (χ0v) is 13.5. The van der Waals surface area contributed by atoms with E-state index >= 15 is 0 Å². The van der Waals surface area contributed by atoms with Gasteiger partial charge in [-0.05, 0) is 49.9 Å². The molecule has 0 bridgehead atoms. The van der Waals surface area contributed by atoms with Gasteiger partial charge in [0.25, 0.3) is 11.8 Å². The number of hydrogen-bond donors (Lipinski definition) is 1. The van der Waals surface area contributed by atoms with Crippen molar-refractivity contribution >= 4 is 17.5 Å². The lowest BCUT2D eigenvalue weighted by Gasteiger charge is -2.22. The molecule has 1 unspecified atom stereocenters. The van der Waals surface area contributed by atoms with Crippen molar-refractivity contribution in [1.29, 1.82) is 0 Å². The van der Waals surface area contributed by atoms with E-state index in [1.807, 2.05) is 31.2 Å². The van der Waals surface area contributed by atoms with Crippen molar-refractivity contribution in [1.82, 2.24) is 10.3 Å². The Morgan fingerprint density at radius 2 is 2.00 bits per heavy atom. The van der Waals surface area contributed by atoms with Gasteiger partial charge in [-0.15, -0.1) is 0 Å². The monoisotopic (exact) mass is 321 g/mol. The average molecular weight is 321 g/mol. The van der Waals surface area contributed by atoms with E-state index in [0.717, 1.165) is 24.9 Å². The summed E-state index contributed by atoms with van der Waals surface area (Å²) in [6.45, 7) is 2.03. The number of nitrogens with zero attached hydrogens (tertiary/aromatic N) is 2. The Morgan fingerprint density at radius 3 is 2.79 bits per heavy atom. The van der Waals surface area contributed by atoms with Gasteiger partial charge in [-0.2, -0.15) is 0 Å². The van der Waals surface area contributed by atoms with Crippen LogP contribution in [-0.2, 0) is 6.42 Å². The first-order valence-electron chi connectivity index (χ1n) is 8.32. The minimum absolute atomic E-state index is 0.0839. The zero-order valence-electron chi connectivity index (χ0n) is 13.5. The molecule has 2 heterocycles. The van der Waals surface area contributed by atoms with Gasteiger partial charge in [0.1, 0.15) is 5.69 Å². The Hall–Kier alpha value is -2.69. The highest BCUT2D eigenvalue weighted by atomic mass is 16.2. The molecule has 1 fully saturated rings. The number of para-hydroxylation sites is 1. The van der Waals surface area contributed by atoms with E-state index < -0.39 is 0 Å². The molecule has 1 atom stereocenters. The summed E-state index contributed by atoms with van der Waals surface area (Å²) in [6.07, 6.45) is 4.43. The third-order valence-corrected chi connectivity index (χ3v) is 4.58. The standard InChI is InChI=1S/C19H19N3O2/c1-12-10-13-4-2-3-5-17(13)22(12)19(24)16-11-14(8-9-20-16)18(23)21-15-6-7-15/h2-5,8-9,11-12,15H,6-7,10H2,1H3,(H,21,23). The third kappa shape index (κ3) is 2.66. The fraction of sp³-hybridized carbons (Fsp3) is 0.316. The van der Waals surface area contributed by atoms with Gasteiger partial charge in [-0.3, -0.25) is 14.6 Å². The Morgan fingerprint density at radius 1 is 1.21 bits per heavy atom. The van der Waals surface area contributed by atoms with Crippen molar-refractivity contribution in [3.8, 4) is 0 Å². The van der Waals surface area contributed by atoms with Gasteiger partial charge < -0.3 is 10.2 Å². The number of amides is 2. The predicted molar refractivity (Wildman–Crippen MR) is 91.1 cm³/mol. The molecule has 1 aromatic heterocycles. The summed E-state index contributed by atoms with van der Waals surface area (Å²) in [6, 6.07) is 11.5. The highest BCUT2D eigenvalue weighted by Gasteiger charge is 2.32. The molecule has 0 spiro atoms. The summed E-state index contributed by atoms with van der Waals surface area (Å²) in [7, 11) is 0. The molecule has 2 aliphatic rings. The van der Waals surface area contributed by atoms with Crippen molar-refractivity contribution < 1.29 is 9.59 Å². The number of anilines is 1. The number of aromatic nitrogens is 1. The number of nitrogens with one attached hydrogen (secondary N) is 1. The molecule has 122 valence electrons. The molecular formula is C19H19N3O2. The minimum Gasteiger partial charge on any atom is -0.349 e. The SMILES string of the molecule is CC1Cc2ccccc2N1C(=O)c1cc(C(=O)NC2CC2)ccn1. The first-order valence-corrected chi connectivity index (χ1v) is 8.32. The Bertz CT molecular complexity index is 814.